The van der Waals surface area contributed by atoms with Gasteiger partial charge in [-0.3, -0.25) is 11.3 Å². The van der Waals surface area contributed by atoms with Gasteiger partial charge in [-0.05, 0) is 37.4 Å². The summed E-state index contributed by atoms with van der Waals surface area (Å²) in [4.78, 5) is 0. The monoisotopic (exact) mass is 200 g/mol. The molecule has 2 unspecified atom stereocenters. The zero-order valence-electron chi connectivity index (χ0n) is 8.17. The number of hydrogen-bond acceptors (Lipinski definition) is 3. The fourth-order valence-corrected chi connectivity index (χ4v) is 3.91. The predicted octanol–water partition coefficient (Wildman–Crippen LogP) is 1.90. The molecule has 0 aromatic carbocycles. The summed E-state index contributed by atoms with van der Waals surface area (Å²) in [5.41, 5.74) is 3.05. The van der Waals surface area contributed by atoms with Gasteiger partial charge in [0.1, 0.15) is 0 Å². The first-order valence-electron chi connectivity index (χ1n) is 5.49. The van der Waals surface area contributed by atoms with Crippen LogP contribution in [0.4, 0.5) is 0 Å². The standard InChI is InChI=1S/C10H20N2S/c11-12-10(8-4-3-5-8)9-6-1-2-7-13-9/h8-10,12H,1-7,11H2. The molecule has 1 heterocycles. The minimum atomic E-state index is 0.596. The minimum absolute atomic E-state index is 0.596. The molecule has 0 aromatic heterocycles. The Morgan fingerprint density at radius 1 is 1.15 bits per heavy atom. The molecular weight excluding hydrogens is 180 g/mol. The van der Waals surface area contributed by atoms with E-state index in [0.29, 0.717) is 6.04 Å². The molecule has 1 saturated heterocycles. The van der Waals surface area contributed by atoms with Gasteiger partial charge in [-0.1, -0.05) is 12.8 Å². The second-order valence-electron chi connectivity index (χ2n) is 4.29. The molecule has 2 atom stereocenters. The van der Waals surface area contributed by atoms with Gasteiger partial charge in [-0.25, -0.2) is 0 Å². The molecule has 1 saturated carbocycles. The Labute approximate surface area is 85.0 Å². The molecule has 2 fully saturated rings. The van der Waals surface area contributed by atoms with E-state index in [2.05, 4.69) is 17.2 Å². The Bertz CT molecular complexity index is 153. The van der Waals surface area contributed by atoms with Gasteiger partial charge in [0.25, 0.3) is 0 Å². The first-order chi connectivity index (χ1) is 6.42. The van der Waals surface area contributed by atoms with Crippen molar-refractivity contribution in [2.45, 2.75) is 49.8 Å². The lowest BCUT2D eigenvalue weighted by molar-refractivity contribution is 0.221. The molecule has 3 N–H and O–H groups in total. The fraction of sp³-hybridized carbons (Fsp3) is 1.00. The largest absolute Gasteiger partial charge is 0.271 e. The van der Waals surface area contributed by atoms with Crippen molar-refractivity contribution in [2.24, 2.45) is 11.8 Å². The molecule has 0 radical (unpaired) electrons. The number of nitrogens with one attached hydrogen (secondary N) is 1. The third-order valence-electron chi connectivity index (χ3n) is 3.47. The summed E-state index contributed by atoms with van der Waals surface area (Å²) in [6.07, 6.45) is 8.39. The molecule has 0 amide bonds. The maximum absolute atomic E-state index is 5.65. The zero-order valence-corrected chi connectivity index (χ0v) is 8.98. The molecule has 1 aliphatic heterocycles. The number of rotatable bonds is 3. The first-order valence-corrected chi connectivity index (χ1v) is 6.54. The van der Waals surface area contributed by atoms with Crippen molar-refractivity contribution < 1.29 is 0 Å². The summed E-state index contributed by atoms with van der Waals surface area (Å²) in [6.45, 7) is 0. The Kier molecular flexibility index (Phi) is 3.52. The Balaban J connectivity index is 1.86. The van der Waals surface area contributed by atoms with Crippen LogP contribution in [-0.2, 0) is 0 Å². The molecule has 0 bridgehead atoms. The third kappa shape index (κ3) is 2.20. The van der Waals surface area contributed by atoms with Crippen molar-refractivity contribution in [3.8, 4) is 0 Å². The van der Waals surface area contributed by atoms with E-state index in [9.17, 15) is 0 Å². The summed E-state index contributed by atoms with van der Waals surface area (Å²) >= 11 is 2.13. The predicted molar refractivity (Wildman–Crippen MR) is 58.5 cm³/mol. The first kappa shape index (κ1) is 9.81. The van der Waals surface area contributed by atoms with Gasteiger partial charge in [-0.15, -0.1) is 0 Å². The quantitative estimate of drug-likeness (QED) is 0.540. The van der Waals surface area contributed by atoms with Crippen molar-refractivity contribution in [1.82, 2.24) is 5.43 Å². The van der Waals surface area contributed by atoms with E-state index >= 15 is 0 Å². The lowest BCUT2D eigenvalue weighted by atomic mass is 9.78. The molecule has 0 aromatic rings. The van der Waals surface area contributed by atoms with Crippen molar-refractivity contribution in [1.29, 1.82) is 0 Å². The molecule has 13 heavy (non-hydrogen) atoms. The van der Waals surface area contributed by atoms with E-state index in [4.69, 9.17) is 5.84 Å². The van der Waals surface area contributed by atoms with E-state index in [1.54, 1.807) is 0 Å². The van der Waals surface area contributed by atoms with Crippen LogP contribution in [0.5, 0.6) is 0 Å². The van der Waals surface area contributed by atoms with Crippen molar-refractivity contribution in [3.05, 3.63) is 0 Å². The molecule has 2 aliphatic rings. The Hall–Kier alpha value is 0.270. The highest BCUT2D eigenvalue weighted by molar-refractivity contribution is 8.00. The molecule has 2 rings (SSSR count). The Morgan fingerprint density at radius 3 is 2.46 bits per heavy atom. The average molecular weight is 200 g/mol. The minimum Gasteiger partial charge on any atom is -0.271 e. The average Bonchev–Trinajstić information content (AvgIpc) is 2.12. The highest BCUT2D eigenvalue weighted by Crippen LogP contribution is 2.37. The van der Waals surface area contributed by atoms with E-state index in [0.717, 1.165) is 11.2 Å². The summed E-state index contributed by atoms with van der Waals surface area (Å²) < 4.78 is 0. The zero-order chi connectivity index (χ0) is 9.10. The lowest BCUT2D eigenvalue weighted by Gasteiger charge is -2.39. The normalized spacial score (nSPS) is 32.5. The van der Waals surface area contributed by atoms with Gasteiger partial charge in [0, 0.05) is 11.3 Å². The van der Waals surface area contributed by atoms with Crippen LogP contribution in [0.1, 0.15) is 38.5 Å². The molecule has 3 heteroatoms. The van der Waals surface area contributed by atoms with Crippen molar-refractivity contribution >= 4 is 11.8 Å². The van der Waals surface area contributed by atoms with Gasteiger partial charge in [-0.2, -0.15) is 11.8 Å². The Morgan fingerprint density at radius 2 is 2.00 bits per heavy atom. The lowest BCUT2D eigenvalue weighted by Crippen LogP contribution is -2.50. The molecular formula is C10H20N2S. The van der Waals surface area contributed by atoms with E-state index in [1.165, 1.54) is 44.3 Å². The summed E-state index contributed by atoms with van der Waals surface area (Å²) in [5, 5.41) is 0.795. The number of thioether (sulfide) groups is 1. The summed E-state index contributed by atoms with van der Waals surface area (Å²) in [6, 6.07) is 0.596. The van der Waals surface area contributed by atoms with E-state index in [1.807, 2.05) is 0 Å². The van der Waals surface area contributed by atoms with Crippen LogP contribution >= 0.6 is 11.8 Å². The van der Waals surface area contributed by atoms with Crippen LogP contribution < -0.4 is 11.3 Å². The maximum Gasteiger partial charge on any atom is 0.0357 e. The maximum atomic E-state index is 5.65. The highest BCUT2D eigenvalue weighted by Gasteiger charge is 2.33. The highest BCUT2D eigenvalue weighted by atomic mass is 32.2. The van der Waals surface area contributed by atoms with Crippen LogP contribution in [0.2, 0.25) is 0 Å². The van der Waals surface area contributed by atoms with Crippen LogP contribution in [0.3, 0.4) is 0 Å². The SMILES string of the molecule is NNC(C1CCC1)C1CCCCS1. The van der Waals surface area contributed by atoms with Crippen LogP contribution in [0.25, 0.3) is 0 Å². The number of hydrogen-bond donors (Lipinski definition) is 2. The molecule has 1 aliphatic carbocycles. The van der Waals surface area contributed by atoms with Gasteiger partial charge in [0.15, 0.2) is 0 Å². The van der Waals surface area contributed by atoms with Gasteiger partial charge in [0.05, 0.1) is 0 Å². The van der Waals surface area contributed by atoms with Crippen LogP contribution in [0.15, 0.2) is 0 Å². The summed E-state index contributed by atoms with van der Waals surface area (Å²) in [5.74, 6) is 7.87. The van der Waals surface area contributed by atoms with E-state index < -0.39 is 0 Å². The number of nitrogens with two attached hydrogens (primary N) is 1. The number of hydrazine groups is 1. The molecule has 0 spiro atoms. The molecule has 2 nitrogen and oxygen atoms in total. The van der Waals surface area contributed by atoms with Crippen molar-refractivity contribution in [2.75, 3.05) is 5.75 Å². The van der Waals surface area contributed by atoms with Crippen LogP contribution in [-0.4, -0.2) is 17.0 Å². The topological polar surface area (TPSA) is 38.0 Å². The van der Waals surface area contributed by atoms with Gasteiger partial charge in [0.2, 0.25) is 0 Å². The van der Waals surface area contributed by atoms with Gasteiger partial charge < -0.3 is 0 Å². The smallest absolute Gasteiger partial charge is 0.0357 e. The second kappa shape index (κ2) is 4.67. The second-order valence-corrected chi connectivity index (χ2v) is 5.64. The third-order valence-corrected chi connectivity index (χ3v) is 4.95. The van der Waals surface area contributed by atoms with Crippen molar-refractivity contribution in [3.63, 3.8) is 0 Å². The van der Waals surface area contributed by atoms with E-state index in [-0.39, 0.29) is 0 Å². The molecule has 76 valence electrons. The fourth-order valence-electron chi connectivity index (χ4n) is 2.39. The van der Waals surface area contributed by atoms with Crippen LogP contribution in [0, 0.1) is 5.92 Å². The van der Waals surface area contributed by atoms with Gasteiger partial charge >= 0.3 is 0 Å². The summed E-state index contributed by atoms with van der Waals surface area (Å²) in [7, 11) is 0.